The molecule has 2 amide bonds. The van der Waals surface area contributed by atoms with Crippen molar-refractivity contribution in [1.82, 2.24) is 15.5 Å². The lowest BCUT2D eigenvalue weighted by Crippen LogP contribution is -2.58. The largest absolute Gasteiger partial charge is 0.353 e. The van der Waals surface area contributed by atoms with Crippen LogP contribution in [0.3, 0.4) is 0 Å². The van der Waals surface area contributed by atoms with E-state index in [1.807, 2.05) is 13.8 Å². The molecule has 1 unspecified atom stereocenters. The van der Waals surface area contributed by atoms with Gasteiger partial charge in [0, 0.05) is 31.2 Å². The van der Waals surface area contributed by atoms with Crippen LogP contribution in [0.1, 0.15) is 54.4 Å². The van der Waals surface area contributed by atoms with Gasteiger partial charge in [-0.3, -0.25) is 9.59 Å². The molecule has 5 heteroatoms. The molecule has 2 fully saturated rings. The average Bonchev–Trinajstić information content (AvgIpc) is 2.68. The summed E-state index contributed by atoms with van der Waals surface area (Å²) in [7, 11) is 0. The Hall–Kier alpha value is -1.10. The fourth-order valence-electron chi connectivity index (χ4n) is 3.79. The third-order valence-electron chi connectivity index (χ3n) is 5.45. The second kappa shape index (κ2) is 6.80. The fraction of sp³-hybridized carbons (Fsp3) is 0.889. The number of hydrogen-bond donors (Lipinski definition) is 2. The summed E-state index contributed by atoms with van der Waals surface area (Å²) < 4.78 is 0. The monoisotopic (exact) mass is 323 g/mol. The summed E-state index contributed by atoms with van der Waals surface area (Å²) in [5, 5.41) is 6.06. The molecular weight excluding hydrogens is 290 g/mol. The SMILES string of the molecule is CC(C)NC(=O)C(C)(C)C(=O)NC1[C@@H]2CC[C@H]1CN(C(C)C)C2. The van der Waals surface area contributed by atoms with E-state index in [1.165, 1.54) is 12.8 Å². The molecule has 2 rings (SSSR count). The third-order valence-corrected chi connectivity index (χ3v) is 5.45. The number of hydrogen-bond acceptors (Lipinski definition) is 3. The van der Waals surface area contributed by atoms with Gasteiger partial charge in [0.25, 0.3) is 0 Å². The molecule has 3 atom stereocenters. The van der Waals surface area contributed by atoms with Crippen LogP contribution in [-0.2, 0) is 9.59 Å². The summed E-state index contributed by atoms with van der Waals surface area (Å²) in [6.07, 6.45) is 2.36. The van der Waals surface area contributed by atoms with Gasteiger partial charge in [-0.05, 0) is 66.2 Å². The molecule has 0 aromatic heterocycles. The number of fused-ring (bicyclic) bond motifs is 2. The van der Waals surface area contributed by atoms with Crippen LogP contribution in [0.15, 0.2) is 0 Å². The Bertz CT molecular complexity index is 445. The summed E-state index contributed by atoms with van der Waals surface area (Å²) in [6, 6.07) is 0.826. The molecule has 1 saturated heterocycles. The Morgan fingerprint density at radius 1 is 1.00 bits per heavy atom. The maximum absolute atomic E-state index is 12.7. The van der Waals surface area contributed by atoms with E-state index in [2.05, 4.69) is 29.4 Å². The second-order valence-corrected chi connectivity index (χ2v) is 8.40. The standard InChI is InChI=1S/C18H33N3O2/c1-11(2)19-16(22)18(5,6)17(23)20-15-13-7-8-14(15)10-21(9-13)12(3)4/h11-15H,7-10H2,1-6H3,(H,19,22)(H,20,23)/t13-,14+,15?. The number of nitrogens with one attached hydrogen (secondary N) is 2. The first-order valence-electron chi connectivity index (χ1n) is 8.99. The molecule has 0 aromatic carbocycles. The number of likely N-dealkylation sites (tertiary alicyclic amines) is 1. The van der Waals surface area contributed by atoms with Crippen LogP contribution in [0.25, 0.3) is 0 Å². The first kappa shape index (κ1) is 18.2. The zero-order valence-electron chi connectivity index (χ0n) is 15.5. The van der Waals surface area contributed by atoms with Crippen LogP contribution >= 0.6 is 0 Å². The topological polar surface area (TPSA) is 61.4 Å². The Balaban J connectivity index is 2.00. The first-order chi connectivity index (χ1) is 10.6. The van der Waals surface area contributed by atoms with E-state index < -0.39 is 5.41 Å². The number of carbonyl (C=O) groups excluding carboxylic acids is 2. The van der Waals surface area contributed by atoms with E-state index in [0.717, 1.165) is 13.1 Å². The zero-order chi connectivity index (χ0) is 17.4. The fourth-order valence-corrected chi connectivity index (χ4v) is 3.79. The van der Waals surface area contributed by atoms with Gasteiger partial charge in [-0.1, -0.05) is 0 Å². The summed E-state index contributed by atoms with van der Waals surface area (Å²) in [4.78, 5) is 27.5. The van der Waals surface area contributed by atoms with Crippen molar-refractivity contribution in [1.29, 1.82) is 0 Å². The van der Waals surface area contributed by atoms with Gasteiger partial charge in [-0.25, -0.2) is 0 Å². The second-order valence-electron chi connectivity index (χ2n) is 8.40. The Morgan fingerprint density at radius 2 is 1.52 bits per heavy atom. The molecule has 5 nitrogen and oxygen atoms in total. The molecule has 1 aliphatic heterocycles. The number of nitrogens with zero attached hydrogens (tertiary/aromatic N) is 1. The number of piperidine rings is 1. The van der Waals surface area contributed by atoms with Gasteiger partial charge in [-0.15, -0.1) is 0 Å². The molecule has 2 aliphatic rings. The van der Waals surface area contributed by atoms with Crippen molar-refractivity contribution < 1.29 is 9.59 Å². The molecule has 0 spiro atoms. The van der Waals surface area contributed by atoms with Gasteiger partial charge >= 0.3 is 0 Å². The van der Waals surface area contributed by atoms with Crippen LogP contribution in [0.4, 0.5) is 0 Å². The van der Waals surface area contributed by atoms with E-state index in [9.17, 15) is 9.59 Å². The predicted octanol–water partition coefficient (Wildman–Crippen LogP) is 1.77. The summed E-state index contributed by atoms with van der Waals surface area (Å²) in [5.74, 6) is 0.695. The van der Waals surface area contributed by atoms with E-state index >= 15 is 0 Å². The highest BCUT2D eigenvalue weighted by atomic mass is 16.2. The van der Waals surface area contributed by atoms with Crippen LogP contribution in [0, 0.1) is 17.3 Å². The van der Waals surface area contributed by atoms with E-state index in [4.69, 9.17) is 0 Å². The highest BCUT2D eigenvalue weighted by molar-refractivity contribution is 6.04. The normalized spacial score (nSPS) is 28.3. The summed E-state index contributed by atoms with van der Waals surface area (Å²) >= 11 is 0. The van der Waals surface area contributed by atoms with Crippen molar-refractivity contribution in [2.24, 2.45) is 17.3 Å². The number of rotatable bonds is 5. The molecule has 23 heavy (non-hydrogen) atoms. The van der Waals surface area contributed by atoms with Crippen LogP contribution < -0.4 is 10.6 Å². The van der Waals surface area contributed by atoms with Crippen molar-refractivity contribution in [3.05, 3.63) is 0 Å². The third kappa shape index (κ3) is 3.87. The lowest BCUT2D eigenvalue weighted by molar-refractivity contribution is -0.142. The van der Waals surface area contributed by atoms with E-state index in [-0.39, 0.29) is 23.9 Å². The van der Waals surface area contributed by atoms with E-state index in [1.54, 1.807) is 13.8 Å². The Kier molecular flexibility index (Phi) is 5.39. The van der Waals surface area contributed by atoms with Crippen molar-refractivity contribution in [3.8, 4) is 0 Å². The van der Waals surface area contributed by atoms with E-state index in [0.29, 0.717) is 17.9 Å². The Morgan fingerprint density at radius 3 is 1.96 bits per heavy atom. The quantitative estimate of drug-likeness (QED) is 0.758. The molecule has 0 radical (unpaired) electrons. The molecule has 1 aliphatic carbocycles. The van der Waals surface area contributed by atoms with Gasteiger partial charge in [0.05, 0.1) is 0 Å². The minimum atomic E-state index is -1.03. The van der Waals surface area contributed by atoms with Crippen LogP contribution in [-0.4, -0.2) is 47.9 Å². The van der Waals surface area contributed by atoms with Crippen molar-refractivity contribution in [2.75, 3.05) is 13.1 Å². The highest BCUT2D eigenvalue weighted by Crippen LogP contribution is 2.38. The van der Waals surface area contributed by atoms with Gasteiger partial charge in [-0.2, -0.15) is 0 Å². The molecular formula is C18H33N3O2. The summed E-state index contributed by atoms with van der Waals surface area (Å²) in [5.41, 5.74) is -1.03. The lowest BCUT2D eigenvalue weighted by Gasteiger charge is -2.41. The van der Waals surface area contributed by atoms with Gasteiger partial charge in [0.2, 0.25) is 11.8 Å². The van der Waals surface area contributed by atoms with Crippen molar-refractivity contribution in [3.63, 3.8) is 0 Å². The molecule has 132 valence electrons. The minimum absolute atomic E-state index is 0.0417. The van der Waals surface area contributed by atoms with Crippen LogP contribution in [0.2, 0.25) is 0 Å². The average molecular weight is 323 g/mol. The van der Waals surface area contributed by atoms with Gasteiger partial charge in [0.15, 0.2) is 0 Å². The molecule has 0 aromatic rings. The van der Waals surface area contributed by atoms with Crippen LogP contribution in [0.5, 0.6) is 0 Å². The maximum Gasteiger partial charge on any atom is 0.235 e. The predicted molar refractivity (Wildman–Crippen MR) is 91.9 cm³/mol. The minimum Gasteiger partial charge on any atom is -0.353 e. The number of carbonyl (C=O) groups is 2. The maximum atomic E-state index is 12.7. The number of amides is 2. The van der Waals surface area contributed by atoms with Crippen molar-refractivity contribution in [2.45, 2.75) is 72.5 Å². The van der Waals surface area contributed by atoms with Gasteiger partial charge in [0.1, 0.15) is 5.41 Å². The highest BCUT2D eigenvalue weighted by Gasteiger charge is 2.45. The molecule has 2 bridgehead atoms. The Labute approximate surface area is 140 Å². The molecule has 2 N–H and O–H groups in total. The lowest BCUT2D eigenvalue weighted by atomic mass is 9.87. The smallest absolute Gasteiger partial charge is 0.235 e. The first-order valence-corrected chi connectivity index (χ1v) is 8.99. The zero-order valence-corrected chi connectivity index (χ0v) is 15.5. The molecule has 1 saturated carbocycles. The van der Waals surface area contributed by atoms with Gasteiger partial charge < -0.3 is 15.5 Å². The molecule has 1 heterocycles. The summed E-state index contributed by atoms with van der Waals surface area (Å²) in [6.45, 7) is 13.8. The van der Waals surface area contributed by atoms with Crippen molar-refractivity contribution >= 4 is 11.8 Å².